The largest absolute Gasteiger partial charge is 0.346 e. The lowest BCUT2D eigenvalue weighted by Gasteiger charge is -2.28. The molecule has 0 saturated carbocycles. The number of hydrogen-bond acceptors (Lipinski definition) is 2. The monoisotopic (exact) mass is 148 g/mol. The van der Waals surface area contributed by atoms with Gasteiger partial charge in [-0.2, -0.15) is 4.94 Å². The Hall–Kier alpha value is -0.150. The molecular weight excluding hydrogens is 135 g/mol. The van der Waals surface area contributed by atoms with Gasteiger partial charge >= 0.3 is 0 Å². The summed E-state index contributed by atoms with van der Waals surface area (Å²) in [6.07, 6.45) is 1.17. The van der Waals surface area contributed by atoms with Gasteiger partial charge in [-0.05, 0) is 23.8 Å². The lowest BCUT2D eigenvalue weighted by molar-refractivity contribution is -0.303. The zero-order chi connectivity index (χ0) is 7.56. The number of hydrogen-bond donors (Lipinski definition) is 0. The summed E-state index contributed by atoms with van der Waals surface area (Å²) in [7, 11) is 0. The highest BCUT2D eigenvalue weighted by Gasteiger charge is 2.25. The summed E-state index contributed by atoms with van der Waals surface area (Å²) in [5, 5.41) is 0. The van der Waals surface area contributed by atoms with Gasteiger partial charge in [0.1, 0.15) is 0 Å². The van der Waals surface area contributed by atoms with Crippen LogP contribution in [0.25, 0.3) is 0 Å². The van der Waals surface area contributed by atoms with E-state index in [0.29, 0.717) is 12.3 Å². The molecule has 3 heteroatoms. The van der Waals surface area contributed by atoms with Gasteiger partial charge in [-0.3, -0.25) is 0 Å². The van der Waals surface area contributed by atoms with Gasteiger partial charge in [-0.25, -0.2) is 0 Å². The third-order valence-electron chi connectivity index (χ3n) is 1.81. The first kappa shape index (κ1) is 7.95. The number of ether oxygens (including phenoxy) is 1. The van der Waals surface area contributed by atoms with Crippen molar-refractivity contribution in [1.29, 1.82) is 0 Å². The summed E-state index contributed by atoms with van der Waals surface area (Å²) in [6, 6.07) is 0. The third kappa shape index (κ3) is 1.92. The Morgan fingerprint density at radius 2 is 2.10 bits per heavy atom. The van der Waals surface area contributed by atoms with E-state index in [1.54, 1.807) is 0 Å². The van der Waals surface area contributed by atoms with Gasteiger partial charge in [-0.15, -0.1) is 0 Å². The molecule has 0 aromatic heterocycles. The molecule has 1 aliphatic heterocycles. The normalized spacial score (nSPS) is 41.7. The van der Waals surface area contributed by atoms with Gasteiger partial charge in [-0.1, -0.05) is 6.92 Å². The van der Waals surface area contributed by atoms with Crippen molar-refractivity contribution in [3.8, 4) is 0 Å². The molecule has 0 aromatic carbocycles. The molecule has 0 bridgehead atoms. The van der Waals surface area contributed by atoms with E-state index < -0.39 is 6.29 Å². The molecule has 0 amide bonds. The zero-order valence-corrected chi connectivity index (χ0v) is 6.34. The van der Waals surface area contributed by atoms with Crippen LogP contribution in [0.3, 0.4) is 0 Å². The van der Waals surface area contributed by atoms with Gasteiger partial charge in [0.2, 0.25) is 0 Å². The van der Waals surface area contributed by atoms with Crippen LogP contribution in [-0.4, -0.2) is 12.4 Å². The van der Waals surface area contributed by atoms with Crippen LogP contribution in [0.5, 0.6) is 0 Å². The first-order valence-electron chi connectivity index (χ1n) is 3.65. The van der Waals surface area contributed by atoms with Gasteiger partial charge in [0, 0.05) is 6.42 Å². The Morgan fingerprint density at radius 1 is 1.40 bits per heavy atom. The Morgan fingerprint density at radius 3 is 2.60 bits per heavy atom. The molecule has 0 radical (unpaired) electrons. The standard InChI is InChI=1S/C7H13FO2/c1-5-3-6(2)9-7(4-5)10-8/h5-7H,3-4H2,1-2H3/t5-,6+,7-/m0/s1. The first-order chi connectivity index (χ1) is 4.72. The van der Waals surface area contributed by atoms with E-state index in [4.69, 9.17) is 4.74 Å². The van der Waals surface area contributed by atoms with Gasteiger partial charge in [0.15, 0.2) is 6.29 Å². The average Bonchev–Trinajstić information content (AvgIpc) is 1.85. The summed E-state index contributed by atoms with van der Waals surface area (Å²) >= 11 is 0. The second-order valence-corrected chi connectivity index (χ2v) is 3.04. The fraction of sp³-hybridized carbons (Fsp3) is 1.00. The molecule has 1 aliphatic rings. The smallest absolute Gasteiger partial charge is 0.197 e. The Kier molecular flexibility index (Phi) is 2.63. The van der Waals surface area contributed by atoms with Gasteiger partial charge < -0.3 is 4.74 Å². The van der Waals surface area contributed by atoms with Crippen LogP contribution in [0.4, 0.5) is 4.53 Å². The maximum Gasteiger partial charge on any atom is 0.197 e. The van der Waals surface area contributed by atoms with Crippen LogP contribution in [-0.2, 0) is 9.68 Å². The molecule has 2 nitrogen and oxygen atoms in total. The van der Waals surface area contributed by atoms with Crippen molar-refractivity contribution in [2.24, 2.45) is 5.92 Å². The minimum Gasteiger partial charge on any atom is -0.346 e. The van der Waals surface area contributed by atoms with Gasteiger partial charge in [0.25, 0.3) is 0 Å². The molecule has 0 unspecified atom stereocenters. The van der Waals surface area contributed by atoms with E-state index in [2.05, 4.69) is 11.9 Å². The maximum atomic E-state index is 11.6. The van der Waals surface area contributed by atoms with Crippen LogP contribution < -0.4 is 0 Å². The minimum absolute atomic E-state index is 0.129. The lowest BCUT2D eigenvalue weighted by atomic mass is 9.98. The fourth-order valence-corrected chi connectivity index (χ4v) is 1.42. The second-order valence-electron chi connectivity index (χ2n) is 3.04. The molecule has 0 N–H and O–H groups in total. The quantitative estimate of drug-likeness (QED) is 0.566. The Balaban J connectivity index is 2.35. The van der Waals surface area contributed by atoms with Crippen molar-refractivity contribution in [1.82, 2.24) is 0 Å². The first-order valence-corrected chi connectivity index (χ1v) is 3.65. The predicted octanol–water partition coefficient (Wildman–Crippen LogP) is 2.05. The molecule has 1 rings (SSSR count). The van der Waals surface area contributed by atoms with E-state index >= 15 is 0 Å². The zero-order valence-electron chi connectivity index (χ0n) is 6.34. The highest BCUT2D eigenvalue weighted by atomic mass is 19.3. The van der Waals surface area contributed by atoms with Crippen LogP contribution in [0.1, 0.15) is 26.7 Å². The summed E-state index contributed by atoms with van der Waals surface area (Å²) in [6.45, 7) is 4.01. The van der Waals surface area contributed by atoms with Crippen molar-refractivity contribution in [3.05, 3.63) is 0 Å². The van der Waals surface area contributed by atoms with Gasteiger partial charge in [0.05, 0.1) is 6.10 Å². The fourth-order valence-electron chi connectivity index (χ4n) is 1.42. The molecule has 0 aromatic rings. The molecule has 10 heavy (non-hydrogen) atoms. The average molecular weight is 148 g/mol. The molecule has 1 fully saturated rings. The van der Waals surface area contributed by atoms with Crippen molar-refractivity contribution < 1.29 is 14.2 Å². The van der Waals surface area contributed by atoms with E-state index in [9.17, 15) is 4.53 Å². The highest BCUT2D eigenvalue weighted by molar-refractivity contribution is 4.66. The number of rotatable bonds is 1. The van der Waals surface area contributed by atoms with E-state index in [1.807, 2.05) is 6.92 Å². The van der Waals surface area contributed by atoms with Crippen LogP contribution >= 0.6 is 0 Å². The van der Waals surface area contributed by atoms with E-state index in [-0.39, 0.29) is 6.10 Å². The van der Waals surface area contributed by atoms with E-state index in [1.165, 1.54) is 0 Å². The summed E-state index contributed by atoms with van der Waals surface area (Å²) in [4.78, 5) is 3.61. The minimum atomic E-state index is -0.626. The molecule has 60 valence electrons. The van der Waals surface area contributed by atoms with Crippen molar-refractivity contribution in [2.75, 3.05) is 0 Å². The molecule has 0 aliphatic carbocycles. The highest BCUT2D eigenvalue weighted by Crippen LogP contribution is 2.24. The van der Waals surface area contributed by atoms with Crippen LogP contribution in [0.2, 0.25) is 0 Å². The predicted molar refractivity (Wildman–Crippen MR) is 34.9 cm³/mol. The molecule has 3 atom stereocenters. The van der Waals surface area contributed by atoms with Crippen LogP contribution in [0, 0.1) is 5.92 Å². The molecule has 1 heterocycles. The SMILES string of the molecule is C[C@@H]1C[C@H](OF)O[C@H](C)C1. The van der Waals surface area contributed by atoms with Crippen LogP contribution in [0.15, 0.2) is 0 Å². The topological polar surface area (TPSA) is 18.5 Å². The third-order valence-corrected chi connectivity index (χ3v) is 1.81. The second kappa shape index (κ2) is 3.30. The van der Waals surface area contributed by atoms with Crippen molar-refractivity contribution in [3.63, 3.8) is 0 Å². The Labute approximate surface area is 60.2 Å². The maximum absolute atomic E-state index is 11.6. The van der Waals surface area contributed by atoms with E-state index in [0.717, 1.165) is 6.42 Å². The summed E-state index contributed by atoms with van der Waals surface area (Å²) in [5.74, 6) is 0.504. The molecule has 1 saturated heterocycles. The van der Waals surface area contributed by atoms with Crippen molar-refractivity contribution in [2.45, 2.75) is 39.1 Å². The lowest BCUT2D eigenvalue weighted by Crippen LogP contribution is -2.30. The molecule has 0 spiro atoms. The molecular formula is C7H13FO2. The Bertz CT molecular complexity index is 97.8. The summed E-state index contributed by atoms with van der Waals surface area (Å²) < 4.78 is 16.7. The summed E-state index contributed by atoms with van der Waals surface area (Å²) in [5.41, 5.74) is 0. The van der Waals surface area contributed by atoms with Crippen molar-refractivity contribution >= 4 is 0 Å². The number of halogens is 1.